The maximum atomic E-state index is 9.87. The molecule has 0 aromatic rings. The summed E-state index contributed by atoms with van der Waals surface area (Å²) >= 11 is 5.46. The van der Waals surface area contributed by atoms with E-state index in [1.54, 1.807) is 0 Å². The van der Waals surface area contributed by atoms with Crippen molar-refractivity contribution in [2.75, 3.05) is 0 Å². The lowest BCUT2D eigenvalue weighted by Crippen LogP contribution is -2.28. The van der Waals surface area contributed by atoms with Gasteiger partial charge in [-0.2, -0.15) is 0 Å². The zero-order valence-corrected chi connectivity index (χ0v) is 11.8. The van der Waals surface area contributed by atoms with Crippen LogP contribution < -0.4 is 0 Å². The van der Waals surface area contributed by atoms with Gasteiger partial charge in [0.2, 0.25) is 0 Å². The minimum absolute atomic E-state index is 0.229. The van der Waals surface area contributed by atoms with Crippen LogP contribution in [0.1, 0.15) is 64.7 Å². The normalized spacial score (nSPS) is 23.9. The first-order valence-electron chi connectivity index (χ1n) is 7.11. The highest BCUT2D eigenvalue weighted by Crippen LogP contribution is 2.23. The molecule has 0 radical (unpaired) electrons. The Morgan fingerprint density at radius 1 is 1.12 bits per heavy atom. The maximum absolute atomic E-state index is 9.87. The van der Waals surface area contributed by atoms with Gasteiger partial charge in [0.15, 0.2) is 0 Å². The molecule has 0 spiro atoms. The zero-order chi connectivity index (χ0) is 12.5. The molecule has 98 valence electrons. The first-order chi connectivity index (χ1) is 8.25. The molecule has 0 aromatic carbocycles. The van der Waals surface area contributed by atoms with E-state index in [4.69, 9.17) is 12.2 Å². The molecule has 2 atom stereocenters. The lowest BCUT2D eigenvalue weighted by molar-refractivity contribution is 0.137. The molecule has 0 aliphatic heterocycles. The first kappa shape index (κ1) is 14.8. The minimum Gasteiger partial charge on any atom is -0.392 e. The van der Waals surface area contributed by atoms with Gasteiger partial charge in [-0.15, -0.1) is 0 Å². The average molecular weight is 254 g/mol. The van der Waals surface area contributed by atoms with E-state index < -0.39 is 0 Å². The van der Waals surface area contributed by atoms with Gasteiger partial charge in [-0.25, -0.2) is 0 Å². The molecule has 0 saturated carbocycles. The van der Waals surface area contributed by atoms with Gasteiger partial charge >= 0.3 is 0 Å². The summed E-state index contributed by atoms with van der Waals surface area (Å²) in [5.41, 5.74) is 0. The molecular formula is C15H26OS. The van der Waals surface area contributed by atoms with Gasteiger partial charge in [0, 0.05) is 5.92 Å². The molecule has 2 heteroatoms. The van der Waals surface area contributed by atoms with Gasteiger partial charge in [0.1, 0.15) is 0 Å². The Bertz CT molecular complexity index is 247. The summed E-state index contributed by atoms with van der Waals surface area (Å²) in [7, 11) is 0. The van der Waals surface area contributed by atoms with Gasteiger partial charge in [-0.05, 0) is 30.5 Å². The molecule has 1 aliphatic rings. The van der Waals surface area contributed by atoms with Gasteiger partial charge in [-0.3, -0.25) is 0 Å². The Hall–Kier alpha value is -0.210. The predicted molar refractivity (Wildman–Crippen MR) is 78.5 cm³/mol. The summed E-state index contributed by atoms with van der Waals surface area (Å²) in [6.45, 7) is 2.24. The largest absolute Gasteiger partial charge is 0.392 e. The first-order valence-corrected chi connectivity index (χ1v) is 7.52. The van der Waals surface area contributed by atoms with Crippen LogP contribution in [0, 0.1) is 5.92 Å². The summed E-state index contributed by atoms with van der Waals surface area (Å²) in [5, 5.41) is 9.87. The van der Waals surface area contributed by atoms with Crippen molar-refractivity contribution in [1.82, 2.24) is 0 Å². The second kappa shape index (κ2) is 8.82. The number of unbranched alkanes of at least 4 members (excludes halogenated alkanes) is 5. The highest BCUT2D eigenvalue weighted by atomic mass is 32.1. The summed E-state index contributed by atoms with van der Waals surface area (Å²) in [6, 6.07) is 0. The topological polar surface area (TPSA) is 20.2 Å². The predicted octanol–water partition coefficient (Wildman–Crippen LogP) is 4.43. The number of thiocarbonyl (C=S) groups is 1. The molecule has 0 aromatic heterocycles. The third-order valence-electron chi connectivity index (χ3n) is 3.59. The number of aliphatic hydroxyl groups excluding tert-OH is 1. The van der Waals surface area contributed by atoms with Crippen LogP contribution in [0.5, 0.6) is 0 Å². The number of allylic oxidation sites excluding steroid dienone is 1. The van der Waals surface area contributed by atoms with Crippen molar-refractivity contribution in [3.63, 3.8) is 0 Å². The highest BCUT2D eigenvalue weighted by Gasteiger charge is 2.23. The van der Waals surface area contributed by atoms with Gasteiger partial charge < -0.3 is 5.11 Å². The number of aliphatic hydroxyl groups is 1. The van der Waals surface area contributed by atoms with Crippen molar-refractivity contribution in [3.8, 4) is 0 Å². The third-order valence-corrected chi connectivity index (χ3v) is 4.10. The third kappa shape index (κ3) is 5.78. The Kier molecular flexibility index (Phi) is 7.70. The van der Waals surface area contributed by atoms with Crippen LogP contribution in [0.4, 0.5) is 0 Å². The van der Waals surface area contributed by atoms with Crippen LogP contribution in [0.2, 0.25) is 0 Å². The molecule has 0 bridgehead atoms. The Balaban J connectivity index is 2.10. The molecular weight excluding hydrogens is 228 g/mol. The van der Waals surface area contributed by atoms with Crippen molar-refractivity contribution >= 4 is 17.1 Å². The second-order valence-electron chi connectivity index (χ2n) is 5.10. The van der Waals surface area contributed by atoms with E-state index in [1.807, 2.05) is 0 Å². The molecule has 0 unspecified atom stereocenters. The summed E-state index contributed by atoms with van der Waals surface area (Å²) in [4.78, 5) is 1.09. The average Bonchev–Trinajstić information content (AvgIpc) is 2.34. The van der Waals surface area contributed by atoms with Crippen molar-refractivity contribution in [2.24, 2.45) is 5.92 Å². The van der Waals surface area contributed by atoms with Crippen LogP contribution in [-0.2, 0) is 0 Å². The highest BCUT2D eigenvalue weighted by molar-refractivity contribution is 7.80. The molecule has 1 N–H and O–H groups in total. The van der Waals surface area contributed by atoms with E-state index in [9.17, 15) is 5.11 Å². The van der Waals surface area contributed by atoms with E-state index in [-0.39, 0.29) is 12.0 Å². The van der Waals surface area contributed by atoms with Crippen molar-refractivity contribution < 1.29 is 5.11 Å². The summed E-state index contributed by atoms with van der Waals surface area (Å²) in [5.74, 6) is 0.241. The fourth-order valence-corrected chi connectivity index (χ4v) is 2.81. The van der Waals surface area contributed by atoms with Crippen LogP contribution in [0.15, 0.2) is 12.2 Å². The number of hydrogen-bond donors (Lipinski definition) is 1. The smallest absolute Gasteiger partial charge is 0.0651 e. The van der Waals surface area contributed by atoms with Crippen LogP contribution >= 0.6 is 12.2 Å². The molecule has 0 heterocycles. The molecule has 0 saturated heterocycles. The number of rotatable bonds is 8. The standard InChI is InChI=1S/C15H26OS/c1-2-3-4-5-6-7-12-15(17)13-10-8-9-11-14(13)16/h8-9,13-14,16H,2-7,10-12H2,1H3/t13-,14-/m1/s1. The molecule has 0 fully saturated rings. The van der Waals surface area contributed by atoms with Crippen molar-refractivity contribution in [3.05, 3.63) is 12.2 Å². The monoisotopic (exact) mass is 254 g/mol. The lowest BCUT2D eigenvalue weighted by atomic mass is 9.86. The van der Waals surface area contributed by atoms with Gasteiger partial charge in [0.05, 0.1) is 6.10 Å². The fraction of sp³-hybridized carbons (Fsp3) is 0.800. The van der Waals surface area contributed by atoms with E-state index in [0.29, 0.717) is 0 Å². The summed E-state index contributed by atoms with van der Waals surface area (Å²) < 4.78 is 0. The lowest BCUT2D eigenvalue weighted by Gasteiger charge is -2.24. The zero-order valence-electron chi connectivity index (χ0n) is 11.0. The molecule has 0 amide bonds. The SMILES string of the molecule is CCCCCCCCC(=S)[C@@H]1CC=CC[C@H]1O. The minimum atomic E-state index is -0.229. The molecule has 17 heavy (non-hydrogen) atoms. The Labute approximate surface area is 111 Å². The summed E-state index contributed by atoms with van der Waals surface area (Å²) in [6.07, 6.45) is 14.6. The molecule has 1 rings (SSSR count). The van der Waals surface area contributed by atoms with Gasteiger partial charge in [0.25, 0.3) is 0 Å². The van der Waals surface area contributed by atoms with Crippen LogP contribution in [0.25, 0.3) is 0 Å². The van der Waals surface area contributed by atoms with E-state index in [2.05, 4.69) is 19.1 Å². The van der Waals surface area contributed by atoms with E-state index in [0.717, 1.165) is 24.1 Å². The van der Waals surface area contributed by atoms with Crippen LogP contribution in [-0.4, -0.2) is 16.1 Å². The van der Waals surface area contributed by atoms with Crippen molar-refractivity contribution in [2.45, 2.75) is 70.8 Å². The van der Waals surface area contributed by atoms with Crippen LogP contribution in [0.3, 0.4) is 0 Å². The fourth-order valence-electron chi connectivity index (χ4n) is 2.41. The van der Waals surface area contributed by atoms with E-state index in [1.165, 1.54) is 38.5 Å². The second-order valence-corrected chi connectivity index (χ2v) is 5.63. The number of hydrogen-bond acceptors (Lipinski definition) is 2. The van der Waals surface area contributed by atoms with Crippen molar-refractivity contribution in [1.29, 1.82) is 0 Å². The van der Waals surface area contributed by atoms with E-state index >= 15 is 0 Å². The van der Waals surface area contributed by atoms with Gasteiger partial charge in [-0.1, -0.05) is 63.4 Å². The molecule has 1 aliphatic carbocycles. The maximum Gasteiger partial charge on any atom is 0.0651 e. The Morgan fingerprint density at radius 2 is 1.76 bits per heavy atom. The quantitative estimate of drug-likeness (QED) is 0.393. The molecule has 1 nitrogen and oxygen atoms in total. The Morgan fingerprint density at radius 3 is 2.47 bits per heavy atom.